The second-order valence-electron chi connectivity index (χ2n) is 4.18. The van der Waals surface area contributed by atoms with E-state index in [0.29, 0.717) is 12.0 Å². The molecule has 1 aromatic rings. The van der Waals surface area contributed by atoms with E-state index < -0.39 is 0 Å². The first-order chi connectivity index (χ1) is 6.81. The van der Waals surface area contributed by atoms with Crippen LogP contribution in [-0.2, 0) is 6.54 Å². The van der Waals surface area contributed by atoms with Gasteiger partial charge in [-0.2, -0.15) is 5.10 Å². The van der Waals surface area contributed by atoms with Crippen molar-refractivity contribution in [2.75, 3.05) is 0 Å². The second kappa shape index (κ2) is 4.13. The molecule has 1 saturated carbocycles. The molecule has 1 fully saturated rings. The number of hydrogen-bond acceptors (Lipinski definition) is 2. The van der Waals surface area contributed by atoms with Crippen molar-refractivity contribution in [2.24, 2.45) is 5.73 Å². The molecule has 2 rings (SSSR count). The molecule has 0 saturated heterocycles. The van der Waals surface area contributed by atoms with Crippen LogP contribution in [0, 0.1) is 0 Å². The highest BCUT2D eigenvalue weighted by molar-refractivity contribution is 5.14. The van der Waals surface area contributed by atoms with Crippen molar-refractivity contribution < 1.29 is 0 Å². The average molecular weight is 193 g/mol. The fraction of sp³-hybridized carbons (Fsp3) is 0.727. The van der Waals surface area contributed by atoms with Gasteiger partial charge in [0.1, 0.15) is 0 Å². The number of aromatic nitrogens is 2. The van der Waals surface area contributed by atoms with Crippen LogP contribution in [0.15, 0.2) is 12.4 Å². The zero-order valence-electron chi connectivity index (χ0n) is 8.82. The third kappa shape index (κ3) is 1.82. The van der Waals surface area contributed by atoms with Gasteiger partial charge in [0.15, 0.2) is 0 Å². The summed E-state index contributed by atoms with van der Waals surface area (Å²) < 4.78 is 1.98. The van der Waals surface area contributed by atoms with Gasteiger partial charge in [0.25, 0.3) is 0 Å². The van der Waals surface area contributed by atoms with Crippen molar-refractivity contribution in [3.8, 4) is 0 Å². The van der Waals surface area contributed by atoms with Gasteiger partial charge in [-0.05, 0) is 25.3 Å². The Hall–Kier alpha value is -0.830. The molecule has 0 aliphatic heterocycles. The molecule has 2 N–H and O–H groups in total. The summed E-state index contributed by atoms with van der Waals surface area (Å²) in [5, 5.41) is 4.31. The predicted octanol–water partition coefficient (Wildman–Crippen LogP) is 1.89. The van der Waals surface area contributed by atoms with Crippen molar-refractivity contribution in [1.82, 2.24) is 9.78 Å². The molecule has 1 aliphatic rings. The van der Waals surface area contributed by atoms with Crippen LogP contribution in [0.5, 0.6) is 0 Å². The highest BCUT2D eigenvalue weighted by Crippen LogP contribution is 2.31. The molecule has 0 spiro atoms. The summed E-state index contributed by atoms with van der Waals surface area (Å²) in [5.74, 6) is 0.545. The standard InChI is InChI=1S/C11H19N3/c1-2-14-8-9(7-13-14)10-5-3-4-6-11(10)12/h7-8,10-11H,2-6,12H2,1H3. The van der Waals surface area contributed by atoms with E-state index in [1.165, 1.54) is 31.2 Å². The van der Waals surface area contributed by atoms with Crippen LogP contribution >= 0.6 is 0 Å². The Morgan fingerprint density at radius 3 is 2.93 bits per heavy atom. The highest BCUT2D eigenvalue weighted by atomic mass is 15.3. The molecule has 1 aliphatic carbocycles. The SMILES string of the molecule is CCn1cc(C2CCCCC2N)cn1. The Morgan fingerprint density at radius 2 is 2.29 bits per heavy atom. The van der Waals surface area contributed by atoms with Crippen molar-refractivity contribution in [2.45, 2.75) is 51.1 Å². The van der Waals surface area contributed by atoms with Crippen molar-refractivity contribution >= 4 is 0 Å². The number of rotatable bonds is 2. The van der Waals surface area contributed by atoms with Crippen molar-refractivity contribution in [3.05, 3.63) is 18.0 Å². The fourth-order valence-corrected chi connectivity index (χ4v) is 2.32. The Bertz CT molecular complexity index is 292. The van der Waals surface area contributed by atoms with Crippen LogP contribution in [0.1, 0.15) is 44.1 Å². The zero-order chi connectivity index (χ0) is 9.97. The number of aryl methyl sites for hydroxylation is 1. The molecule has 3 heteroatoms. The zero-order valence-corrected chi connectivity index (χ0v) is 8.82. The Balaban J connectivity index is 2.12. The van der Waals surface area contributed by atoms with E-state index in [9.17, 15) is 0 Å². The lowest BCUT2D eigenvalue weighted by Gasteiger charge is -2.27. The van der Waals surface area contributed by atoms with E-state index in [1.807, 2.05) is 10.9 Å². The summed E-state index contributed by atoms with van der Waals surface area (Å²) in [6.45, 7) is 3.06. The number of nitrogens with zero attached hydrogens (tertiary/aromatic N) is 2. The molecule has 78 valence electrons. The maximum absolute atomic E-state index is 6.12. The van der Waals surface area contributed by atoms with Gasteiger partial charge < -0.3 is 5.73 Å². The van der Waals surface area contributed by atoms with Crippen molar-refractivity contribution in [1.29, 1.82) is 0 Å². The Morgan fingerprint density at radius 1 is 1.50 bits per heavy atom. The van der Waals surface area contributed by atoms with Gasteiger partial charge in [-0.25, -0.2) is 0 Å². The maximum atomic E-state index is 6.12. The van der Waals surface area contributed by atoms with Crippen LogP contribution in [0.4, 0.5) is 0 Å². The van der Waals surface area contributed by atoms with E-state index in [-0.39, 0.29) is 0 Å². The molecule has 2 atom stereocenters. The smallest absolute Gasteiger partial charge is 0.0525 e. The third-order valence-corrected chi connectivity index (χ3v) is 3.22. The molecule has 0 radical (unpaired) electrons. The van der Waals surface area contributed by atoms with E-state index in [1.54, 1.807) is 0 Å². The van der Waals surface area contributed by atoms with Crippen LogP contribution in [0.25, 0.3) is 0 Å². The predicted molar refractivity (Wildman–Crippen MR) is 57.1 cm³/mol. The first kappa shape index (κ1) is 9.71. The molecule has 0 bridgehead atoms. The quantitative estimate of drug-likeness (QED) is 0.779. The Kier molecular flexibility index (Phi) is 2.87. The minimum atomic E-state index is 0.346. The second-order valence-corrected chi connectivity index (χ2v) is 4.18. The van der Waals surface area contributed by atoms with E-state index in [0.717, 1.165) is 6.54 Å². The van der Waals surface area contributed by atoms with Gasteiger partial charge in [0, 0.05) is 24.7 Å². The first-order valence-corrected chi connectivity index (χ1v) is 5.59. The summed E-state index contributed by atoms with van der Waals surface area (Å²) in [5.41, 5.74) is 7.46. The van der Waals surface area contributed by atoms with Gasteiger partial charge in [-0.1, -0.05) is 12.8 Å². The van der Waals surface area contributed by atoms with Gasteiger partial charge in [0.2, 0.25) is 0 Å². The molecule has 0 amide bonds. The lowest BCUT2D eigenvalue weighted by atomic mass is 9.82. The summed E-state index contributed by atoms with van der Waals surface area (Å²) >= 11 is 0. The molecule has 14 heavy (non-hydrogen) atoms. The fourth-order valence-electron chi connectivity index (χ4n) is 2.32. The van der Waals surface area contributed by atoms with E-state index >= 15 is 0 Å². The molecule has 2 unspecified atom stereocenters. The van der Waals surface area contributed by atoms with Crippen LogP contribution in [0.3, 0.4) is 0 Å². The summed E-state index contributed by atoms with van der Waals surface area (Å²) in [4.78, 5) is 0. The minimum Gasteiger partial charge on any atom is -0.327 e. The Labute approximate surface area is 85.3 Å². The summed E-state index contributed by atoms with van der Waals surface area (Å²) in [6, 6.07) is 0.346. The summed E-state index contributed by atoms with van der Waals surface area (Å²) in [6.07, 6.45) is 9.14. The van der Waals surface area contributed by atoms with Gasteiger partial charge in [-0.15, -0.1) is 0 Å². The van der Waals surface area contributed by atoms with Crippen molar-refractivity contribution in [3.63, 3.8) is 0 Å². The van der Waals surface area contributed by atoms with Crippen LogP contribution in [-0.4, -0.2) is 15.8 Å². The van der Waals surface area contributed by atoms with Crippen LogP contribution < -0.4 is 5.73 Å². The van der Waals surface area contributed by atoms with E-state index in [2.05, 4.69) is 18.2 Å². The lowest BCUT2D eigenvalue weighted by Crippen LogP contribution is -2.31. The maximum Gasteiger partial charge on any atom is 0.0525 e. The van der Waals surface area contributed by atoms with Gasteiger partial charge in [0.05, 0.1) is 6.20 Å². The first-order valence-electron chi connectivity index (χ1n) is 5.59. The highest BCUT2D eigenvalue weighted by Gasteiger charge is 2.24. The largest absolute Gasteiger partial charge is 0.327 e. The minimum absolute atomic E-state index is 0.346. The molecule has 0 aromatic carbocycles. The monoisotopic (exact) mass is 193 g/mol. The van der Waals surface area contributed by atoms with Gasteiger partial charge in [-0.3, -0.25) is 4.68 Å². The van der Waals surface area contributed by atoms with Crippen LogP contribution in [0.2, 0.25) is 0 Å². The topological polar surface area (TPSA) is 43.8 Å². The number of nitrogens with two attached hydrogens (primary N) is 1. The van der Waals surface area contributed by atoms with E-state index in [4.69, 9.17) is 5.73 Å². The molecule has 1 aromatic heterocycles. The molecule has 3 nitrogen and oxygen atoms in total. The average Bonchev–Trinajstić information content (AvgIpc) is 2.67. The molecular formula is C11H19N3. The molecule has 1 heterocycles. The third-order valence-electron chi connectivity index (χ3n) is 3.22. The van der Waals surface area contributed by atoms with Gasteiger partial charge >= 0.3 is 0 Å². The lowest BCUT2D eigenvalue weighted by molar-refractivity contribution is 0.385. The molecular weight excluding hydrogens is 174 g/mol. The number of hydrogen-bond donors (Lipinski definition) is 1. The summed E-state index contributed by atoms with van der Waals surface area (Å²) in [7, 11) is 0. The normalized spacial score (nSPS) is 27.9.